The van der Waals surface area contributed by atoms with Crippen LogP contribution >= 0.6 is 22.9 Å². The quantitative estimate of drug-likeness (QED) is 0.364. The fourth-order valence-electron chi connectivity index (χ4n) is 3.50. The number of carbonyl (C=O) groups excluding carboxylic acids is 1. The first-order chi connectivity index (χ1) is 15.0. The summed E-state index contributed by atoms with van der Waals surface area (Å²) in [6.45, 7) is 4.15. The summed E-state index contributed by atoms with van der Waals surface area (Å²) in [6, 6.07) is 22.7. The van der Waals surface area contributed by atoms with Crippen molar-refractivity contribution in [2.45, 2.75) is 19.9 Å². The molecule has 3 N–H and O–H groups in total. The Balaban J connectivity index is 1.79. The maximum Gasteiger partial charge on any atom is 0.272 e. The van der Waals surface area contributed by atoms with E-state index < -0.39 is 0 Å². The molecule has 0 bridgehead atoms. The molecule has 0 aliphatic carbocycles. The van der Waals surface area contributed by atoms with E-state index in [1.54, 1.807) is 11.3 Å². The van der Waals surface area contributed by atoms with Crippen LogP contribution in [0.1, 0.15) is 38.0 Å². The average Bonchev–Trinajstić information content (AvgIpc) is 3.07. The number of rotatable bonds is 6. The van der Waals surface area contributed by atoms with E-state index in [9.17, 15) is 4.79 Å². The summed E-state index contributed by atoms with van der Waals surface area (Å²) >= 11 is 8.19. The predicted octanol–water partition coefficient (Wildman–Crippen LogP) is 6.29. The highest BCUT2D eigenvalue weighted by Gasteiger charge is 2.29. The minimum absolute atomic E-state index is 0.132. The molecule has 31 heavy (non-hydrogen) atoms. The molecule has 0 radical (unpaired) electrons. The van der Waals surface area contributed by atoms with Crippen molar-refractivity contribution in [1.29, 1.82) is 0 Å². The lowest BCUT2D eigenvalue weighted by Crippen LogP contribution is -2.21. The summed E-state index contributed by atoms with van der Waals surface area (Å²) in [7, 11) is 0. The van der Waals surface area contributed by atoms with E-state index >= 15 is 0 Å². The average molecular weight is 449 g/mol. The van der Waals surface area contributed by atoms with Gasteiger partial charge >= 0.3 is 0 Å². The second kappa shape index (κ2) is 9.33. The summed E-state index contributed by atoms with van der Waals surface area (Å²) in [5, 5.41) is 8.19. The highest BCUT2D eigenvalue weighted by Crippen LogP contribution is 2.42. The minimum Gasteiger partial charge on any atom is -0.313 e. The van der Waals surface area contributed by atoms with Gasteiger partial charge in [0.25, 0.3) is 11.7 Å². The first-order valence-corrected chi connectivity index (χ1v) is 11.2. The van der Waals surface area contributed by atoms with Crippen molar-refractivity contribution in [3.8, 4) is 0 Å². The third-order valence-corrected chi connectivity index (χ3v) is 6.69. The second-order valence-corrected chi connectivity index (χ2v) is 8.85. The van der Waals surface area contributed by atoms with Gasteiger partial charge in [-0.15, -0.1) is 11.3 Å². The number of pyridine rings is 1. The van der Waals surface area contributed by atoms with Crippen molar-refractivity contribution in [3.63, 3.8) is 0 Å². The van der Waals surface area contributed by atoms with Crippen LogP contribution in [0.2, 0.25) is 5.02 Å². The Hall–Kier alpha value is -3.15. The monoisotopic (exact) mass is 448 g/mol. The van der Waals surface area contributed by atoms with Crippen LogP contribution in [0.5, 0.6) is 0 Å². The molecule has 0 saturated heterocycles. The Labute approximate surface area is 190 Å². The fourth-order valence-corrected chi connectivity index (χ4v) is 4.84. The molecule has 2 aromatic heterocycles. The molecule has 2 heterocycles. The van der Waals surface area contributed by atoms with Gasteiger partial charge in [0.05, 0.1) is 6.20 Å². The molecule has 1 atom stereocenters. The van der Waals surface area contributed by atoms with Gasteiger partial charge in [-0.25, -0.2) is 4.98 Å². The molecule has 156 valence electrons. The van der Waals surface area contributed by atoms with Crippen molar-refractivity contribution >= 4 is 39.7 Å². The zero-order valence-electron chi connectivity index (χ0n) is 17.3. The molecule has 0 fully saturated rings. The van der Waals surface area contributed by atoms with Crippen LogP contribution in [0, 0.1) is 13.8 Å². The minimum atomic E-state index is -0.247. The fraction of sp³-hybridized carbons (Fsp3) is 0.120. The van der Waals surface area contributed by atoms with Gasteiger partial charge in [0.2, 0.25) is 0 Å². The van der Waals surface area contributed by atoms with E-state index in [0.717, 1.165) is 32.4 Å². The van der Waals surface area contributed by atoms with Crippen LogP contribution in [0.4, 0.5) is 10.8 Å². The number of hydrogen-bond donors (Lipinski definition) is 2. The van der Waals surface area contributed by atoms with Gasteiger partial charge in [0.1, 0.15) is 11.0 Å². The van der Waals surface area contributed by atoms with Crippen LogP contribution in [0.25, 0.3) is 0 Å². The van der Waals surface area contributed by atoms with Crippen molar-refractivity contribution in [1.82, 2.24) is 0 Å². The predicted molar refractivity (Wildman–Crippen MR) is 128 cm³/mol. The SMILES string of the molecule is Cc1sc(NC(=O)c2ccccc2)c([C@H](Nc2cccc[nH+]2)c2ccccc2Cl)c1C. The molecule has 0 aliphatic rings. The van der Waals surface area contributed by atoms with Crippen LogP contribution in [-0.4, -0.2) is 5.91 Å². The Bertz CT molecular complexity index is 1190. The smallest absolute Gasteiger partial charge is 0.272 e. The van der Waals surface area contributed by atoms with Crippen LogP contribution in [0.15, 0.2) is 79.0 Å². The Kier molecular flexibility index (Phi) is 6.35. The summed E-state index contributed by atoms with van der Waals surface area (Å²) in [6.07, 6.45) is 1.87. The first kappa shape index (κ1) is 21.1. The number of benzene rings is 2. The van der Waals surface area contributed by atoms with Gasteiger partial charge in [0, 0.05) is 32.7 Å². The Morgan fingerprint density at radius 1 is 0.968 bits per heavy atom. The number of aryl methyl sites for hydroxylation is 1. The van der Waals surface area contributed by atoms with E-state index in [-0.39, 0.29) is 11.9 Å². The van der Waals surface area contributed by atoms with Gasteiger partial charge in [-0.3, -0.25) is 10.1 Å². The van der Waals surface area contributed by atoms with Crippen molar-refractivity contribution in [2.75, 3.05) is 10.6 Å². The van der Waals surface area contributed by atoms with Gasteiger partial charge in [-0.1, -0.05) is 54.1 Å². The highest BCUT2D eigenvalue weighted by molar-refractivity contribution is 7.16. The number of H-pyrrole nitrogens is 1. The van der Waals surface area contributed by atoms with Crippen LogP contribution in [0.3, 0.4) is 0 Å². The lowest BCUT2D eigenvalue weighted by atomic mass is 9.96. The van der Waals surface area contributed by atoms with Gasteiger partial charge in [-0.2, -0.15) is 0 Å². The maximum atomic E-state index is 12.9. The molecule has 0 unspecified atom stereocenters. The van der Waals surface area contributed by atoms with E-state index in [1.807, 2.05) is 79.0 Å². The lowest BCUT2D eigenvalue weighted by Gasteiger charge is -2.19. The van der Waals surface area contributed by atoms with E-state index in [4.69, 9.17) is 11.6 Å². The third kappa shape index (κ3) is 4.63. The molecule has 0 saturated carbocycles. The summed E-state index contributed by atoms with van der Waals surface area (Å²) in [4.78, 5) is 17.3. The number of hydrogen-bond acceptors (Lipinski definition) is 3. The number of aromatic amines is 1. The van der Waals surface area contributed by atoms with Crippen molar-refractivity contribution < 1.29 is 9.78 Å². The van der Waals surface area contributed by atoms with Crippen molar-refractivity contribution in [3.05, 3.63) is 111 Å². The topological polar surface area (TPSA) is 55.3 Å². The molecular weight excluding hydrogens is 426 g/mol. The highest BCUT2D eigenvalue weighted by atomic mass is 35.5. The molecule has 2 aromatic carbocycles. The van der Waals surface area contributed by atoms with E-state index in [0.29, 0.717) is 10.6 Å². The number of nitrogens with one attached hydrogen (secondary N) is 3. The number of carbonyl (C=O) groups is 1. The summed E-state index contributed by atoms with van der Waals surface area (Å²) in [5.74, 6) is 0.725. The van der Waals surface area contributed by atoms with E-state index in [1.165, 1.54) is 0 Å². The molecular formula is C25H23ClN3OS+. The van der Waals surface area contributed by atoms with E-state index in [2.05, 4.69) is 29.5 Å². The number of amides is 1. The molecule has 6 heteroatoms. The van der Waals surface area contributed by atoms with Gasteiger partial charge < -0.3 is 5.32 Å². The van der Waals surface area contributed by atoms with Crippen molar-refractivity contribution in [2.24, 2.45) is 0 Å². The van der Waals surface area contributed by atoms with Crippen LogP contribution < -0.4 is 15.6 Å². The summed E-state index contributed by atoms with van der Waals surface area (Å²) < 4.78 is 0. The first-order valence-electron chi connectivity index (χ1n) is 9.98. The zero-order valence-corrected chi connectivity index (χ0v) is 18.8. The molecule has 0 spiro atoms. The molecule has 4 nitrogen and oxygen atoms in total. The molecule has 1 amide bonds. The largest absolute Gasteiger partial charge is 0.313 e. The second-order valence-electron chi connectivity index (χ2n) is 7.22. The zero-order chi connectivity index (χ0) is 21.8. The normalized spacial score (nSPS) is 11.7. The summed E-state index contributed by atoms with van der Waals surface area (Å²) in [5.41, 5.74) is 3.70. The number of halogens is 1. The van der Waals surface area contributed by atoms with Gasteiger partial charge in [0.15, 0.2) is 0 Å². The number of aromatic nitrogens is 1. The Morgan fingerprint density at radius 2 is 1.68 bits per heavy atom. The number of thiophene rings is 1. The molecule has 4 aromatic rings. The lowest BCUT2D eigenvalue weighted by molar-refractivity contribution is -0.361. The maximum absolute atomic E-state index is 12.9. The van der Waals surface area contributed by atoms with Crippen LogP contribution in [-0.2, 0) is 0 Å². The standard InChI is InChI=1S/C25H22ClN3OS/c1-16-17(2)31-25(29-24(30)18-10-4-3-5-11-18)22(16)23(19-12-6-7-13-20(19)26)28-21-14-8-9-15-27-21/h3-15,23H,1-2H3,(H,27,28)(H,29,30)/p+1/t23-/m1/s1. The Morgan fingerprint density at radius 3 is 2.39 bits per heavy atom. The third-order valence-electron chi connectivity index (χ3n) is 5.21. The number of anilines is 2. The molecule has 4 rings (SSSR count). The van der Waals surface area contributed by atoms with Gasteiger partial charge in [-0.05, 0) is 43.7 Å². The molecule has 0 aliphatic heterocycles.